The Labute approximate surface area is 115 Å². The molecule has 0 atom stereocenters. The van der Waals surface area contributed by atoms with E-state index in [1.165, 1.54) is 0 Å². The zero-order valence-corrected chi connectivity index (χ0v) is 12.1. The summed E-state index contributed by atoms with van der Waals surface area (Å²) < 4.78 is 5.11. The van der Waals surface area contributed by atoms with Gasteiger partial charge in [0.2, 0.25) is 0 Å². The molecule has 104 valence electrons. The molecule has 1 aliphatic rings. The van der Waals surface area contributed by atoms with E-state index in [0.717, 1.165) is 49.1 Å². The lowest BCUT2D eigenvalue weighted by molar-refractivity contribution is 0.0667. The summed E-state index contributed by atoms with van der Waals surface area (Å²) >= 11 is 0. The number of hydrogen-bond acceptors (Lipinski definition) is 2. The fourth-order valence-corrected chi connectivity index (χ4v) is 2.69. The molecular formula is C16H23NO2. The van der Waals surface area contributed by atoms with Crippen molar-refractivity contribution in [1.29, 1.82) is 0 Å². The Morgan fingerprint density at radius 2 is 1.79 bits per heavy atom. The lowest BCUT2D eigenvalue weighted by Gasteiger charge is -2.34. The average Bonchev–Trinajstić information content (AvgIpc) is 2.46. The highest BCUT2D eigenvalue weighted by molar-refractivity contribution is 5.94. The smallest absolute Gasteiger partial charge is 0.253 e. The van der Waals surface area contributed by atoms with Gasteiger partial charge in [0, 0.05) is 18.7 Å². The van der Waals surface area contributed by atoms with E-state index in [2.05, 4.69) is 13.8 Å². The summed E-state index contributed by atoms with van der Waals surface area (Å²) in [4.78, 5) is 14.3. The van der Waals surface area contributed by atoms with Gasteiger partial charge < -0.3 is 9.64 Å². The highest BCUT2D eigenvalue weighted by atomic mass is 16.5. The number of benzene rings is 1. The van der Waals surface area contributed by atoms with Crippen molar-refractivity contribution in [3.63, 3.8) is 0 Å². The highest BCUT2D eigenvalue weighted by Gasteiger charge is 2.25. The third-order valence-electron chi connectivity index (χ3n) is 4.11. The number of carbonyl (C=O) groups is 1. The van der Waals surface area contributed by atoms with Gasteiger partial charge >= 0.3 is 0 Å². The van der Waals surface area contributed by atoms with Crippen molar-refractivity contribution in [1.82, 2.24) is 4.90 Å². The Morgan fingerprint density at radius 1 is 1.21 bits per heavy atom. The standard InChI is InChI=1S/C16H23NO2/c1-12(2)13-8-10-17(11-9-13)16(18)14-4-6-15(19-3)7-5-14/h4-7,12-13H,8-11H2,1-3H3. The van der Waals surface area contributed by atoms with Gasteiger partial charge in [-0.2, -0.15) is 0 Å². The molecule has 0 N–H and O–H groups in total. The zero-order valence-electron chi connectivity index (χ0n) is 12.1. The third-order valence-corrected chi connectivity index (χ3v) is 4.11. The summed E-state index contributed by atoms with van der Waals surface area (Å²) in [6.07, 6.45) is 2.25. The maximum Gasteiger partial charge on any atom is 0.253 e. The Kier molecular flexibility index (Phi) is 4.46. The van der Waals surface area contributed by atoms with Crippen molar-refractivity contribution in [3.05, 3.63) is 29.8 Å². The van der Waals surface area contributed by atoms with Crippen molar-refractivity contribution in [2.75, 3.05) is 20.2 Å². The van der Waals surface area contributed by atoms with Crippen molar-refractivity contribution in [2.24, 2.45) is 11.8 Å². The quantitative estimate of drug-likeness (QED) is 0.836. The minimum absolute atomic E-state index is 0.143. The number of nitrogens with zero attached hydrogens (tertiary/aromatic N) is 1. The number of rotatable bonds is 3. The highest BCUT2D eigenvalue weighted by Crippen LogP contribution is 2.25. The monoisotopic (exact) mass is 261 g/mol. The molecule has 19 heavy (non-hydrogen) atoms. The second kappa shape index (κ2) is 6.09. The van der Waals surface area contributed by atoms with Crippen LogP contribution in [0.5, 0.6) is 5.75 Å². The van der Waals surface area contributed by atoms with Crippen LogP contribution < -0.4 is 4.74 Å². The van der Waals surface area contributed by atoms with E-state index in [4.69, 9.17) is 4.74 Å². The van der Waals surface area contributed by atoms with E-state index in [9.17, 15) is 4.79 Å². The molecule has 1 amide bonds. The van der Waals surface area contributed by atoms with Gasteiger partial charge in [-0.1, -0.05) is 13.8 Å². The van der Waals surface area contributed by atoms with Crippen LogP contribution >= 0.6 is 0 Å². The summed E-state index contributed by atoms with van der Waals surface area (Å²) in [5, 5.41) is 0. The predicted molar refractivity (Wildman–Crippen MR) is 76.5 cm³/mol. The molecule has 3 nitrogen and oxygen atoms in total. The first-order chi connectivity index (χ1) is 9.11. The molecule has 0 saturated carbocycles. The summed E-state index contributed by atoms with van der Waals surface area (Å²) in [7, 11) is 1.63. The average molecular weight is 261 g/mol. The molecule has 0 aromatic heterocycles. The molecule has 1 aromatic carbocycles. The molecule has 1 heterocycles. The van der Waals surface area contributed by atoms with Gasteiger partial charge in [0.15, 0.2) is 0 Å². The molecule has 0 spiro atoms. The summed E-state index contributed by atoms with van der Waals surface area (Å²) in [6.45, 7) is 6.30. The number of amides is 1. The van der Waals surface area contributed by atoms with Gasteiger partial charge in [-0.05, 0) is 48.9 Å². The Hall–Kier alpha value is -1.51. The van der Waals surface area contributed by atoms with E-state index < -0.39 is 0 Å². The summed E-state index contributed by atoms with van der Waals surface area (Å²) in [5.74, 6) is 2.41. The maximum atomic E-state index is 12.4. The van der Waals surface area contributed by atoms with Crippen LogP contribution in [0.3, 0.4) is 0 Å². The number of methoxy groups -OCH3 is 1. The minimum atomic E-state index is 0.143. The van der Waals surface area contributed by atoms with Crippen LogP contribution in [0.1, 0.15) is 37.0 Å². The van der Waals surface area contributed by atoms with Gasteiger partial charge in [0.05, 0.1) is 7.11 Å². The normalized spacial score (nSPS) is 16.7. The van der Waals surface area contributed by atoms with Crippen molar-refractivity contribution >= 4 is 5.91 Å². The summed E-state index contributed by atoms with van der Waals surface area (Å²) in [6, 6.07) is 7.37. The van der Waals surface area contributed by atoms with Crippen LogP contribution in [0.2, 0.25) is 0 Å². The number of likely N-dealkylation sites (tertiary alicyclic amines) is 1. The molecule has 2 rings (SSSR count). The topological polar surface area (TPSA) is 29.5 Å². The molecule has 1 fully saturated rings. The second-order valence-electron chi connectivity index (χ2n) is 5.60. The molecule has 0 radical (unpaired) electrons. The van der Waals surface area contributed by atoms with Gasteiger partial charge in [0.25, 0.3) is 5.91 Å². The predicted octanol–water partition coefficient (Wildman–Crippen LogP) is 3.20. The van der Waals surface area contributed by atoms with Crippen molar-refractivity contribution in [3.8, 4) is 5.75 Å². The SMILES string of the molecule is COc1ccc(C(=O)N2CCC(C(C)C)CC2)cc1. The Morgan fingerprint density at radius 3 is 2.26 bits per heavy atom. The van der Waals surface area contributed by atoms with Crippen LogP contribution in [0.4, 0.5) is 0 Å². The fraction of sp³-hybridized carbons (Fsp3) is 0.562. The Balaban J connectivity index is 1.97. The van der Waals surface area contributed by atoms with E-state index in [1.807, 2.05) is 29.2 Å². The van der Waals surface area contributed by atoms with E-state index in [1.54, 1.807) is 7.11 Å². The Bertz CT molecular complexity index is 417. The van der Waals surface area contributed by atoms with Crippen LogP contribution in [-0.4, -0.2) is 31.0 Å². The zero-order chi connectivity index (χ0) is 13.8. The van der Waals surface area contributed by atoms with Crippen LogP contribution in [-0.2, 0) is 0 Å². The largest absolute Gasteiger partial charge is 0.497 e. The molecular weight excluding hydrogens is 238 g/mol. The first-order valence-electron chi connectivity index (χ1n) is 7.05. The molecule has 1 aromatic rings. The molecule has 0 unspecified atom stereocenters. The van der Waals surface area contributed by atoms with Crippen LogP contribution in [0.25, 0.3) is 0 Å². The van der Waals surface area contributed by atoms with Crippen LogP contribution in [0.15, 0.2) is 24.3 Å². The lowest BCUT2D eigenvalue weighted by Crippen LogP contribution is -2.39. The van der Waals surface area contributed by atoms with Gasteiger partial charge in [-0.25, -0.2) is 0 Å². The van der Waals surface area contributed by atoms with Crippen molar-refractivity contribution in [2.45, 2.75) is 26.7 Å². The number of piperidine rings is 1. The van der Waals surface area contributed by atoms with Crippen molar-refractivity contribution < 1.29 is 9.53 Å². The number of ether oxygens (including phenoxy) is 1. The molecule has 3 heteroatoms. The molecule has 1 aliphatic heterocycles. The van der Waals surface area contributed by atoms with E-state index in [0.29, 0.717) is 0 Å². The van der Waals surface area contributed by atoms with Gasteiger partial charge in [0.1, 0.15) is 5.75 Å². The molecule has 0 bridgehead atoms. The summed E-state index contributed by atoms with van der Waals surface area (Å²) in [5.41, 5.74) is 0.754. The first-order valence-corrected chi connectivity index (χ1v) is 7.05. The van der Waals surface area contributed by atoms with Gasteiger partial charge in [-0.15, -0.1) is 0 Å². The van der Waals surface area contributed by atoms with E-state index in [-0.39, 0.29) is 5.91 Å². The van der Waals surface area contributed by atoms with E-state index >= 15 is 0 Å². The first kappa shape index (κ1) is 13.9. The molecule has 1 saturated heterocycles. The van der Waals surface area contributed by atoms with Gasteiger partial charge in [-0.3, -0.25) is 4.79 Å². The second-order valence-corrected chi connectivity index (χ2v) is 5.60. The molecule has 0 aliphatic carbocycles. The third kappa shape index (κ3) is 3.28. The fourth-order valence-electron chi connectivity index (χ4n) is 2.69. The van der Waals surface area contributed by atoms with Crippen LogP contribution in [0, 0.1) is 11.8 Å². The maximum absolute atomic E-state index is 12.4. The number of carbonyl (C=O) groups excluding carboxylic acids is 1. The minimum Gasteiger partial charge on any atom is -0.497 e. The number of hydrogen-bond donors (Lipinski definition) is 0. The lowest BCUT2D eigenvalue weighted by atomic mass is 9.86.